The summed E-state index contributed by atoms with van der Waals surface area (Å²) in [6.45, 7) is 2.53. The molecular weight excluding hydrogens is 436 g/mol. The Morgan fingerprint density at radius 3 is 2.35 bits per heavy atom. The first kappa shape index (κ1) is 25.6. The van der Waals surface area contributed by atoms with Crippen molar-refractivity contribution in [3.8, 4) is 0 Å². The number of benzene rings is 2. The van der Waals surface area contributed by atoms with E-state index in [4.69, 9.17) is 4.74 Å². The third-order valence-corrected chi connectivity index (χ3v) is 6.54. The highest BCUT2D eigenvalue weighted by atomic mass is 19.4. The second-order valence-corrected chi connectivity index (χ2v) is 8.80. The highest BCUT2D eigenvalue weighted by molar-refractivity contribution is 6.68. The lowest BCUT2D eigenvalue weighted by Gasteiger charge is -2.30. The van der Waals surface area contributed by atoms with Crippen molar-refractivity contribution in [1.29, 1.82) is 0 Å². The Labute approximate surface area is 200 Å². The van der Waals surface area contributed by atoms with Gasteiger partial charge in [0.05, 0.1) is 6.61 Å². The SMILES string of the molecule is CCOC(=O)/C=C/c1ccc(/C(C2=Cc3ccccc3C[C@@H](C)C2C)=C(/CC)[B-](F)(F)F)cc1. The molecule has 1 aliphatic rings. The molecule has 1 aliphatic carbocycles. The highest BCUT2D eigenvalue weighted by Crippen LogP contribution is 2.43. The fraction of sp³-hybridized carbons (Fsp3) is 0.321. The summed E-state index contributed by atoms with van der Waals surface area (Å²) in [5.41, 5.74) is 3.94. The summed E-state index contributed by atoms with van der Waals surface area (Å²) in [4.78, 5) is 11.6. The zero-order chi connectivity index (χ0) is 24.9. The van der Waals surface area contributed by atoms with Crippen LogP contribution in [-0.2, 0) is 16.0 Å². The molecule has 0 fully saturated rings. The first-order valence-corrected chi connectivity index (χ1v) is 11.8. The van der Waals surface area contributed by atoms with Crippen LogP contribution in [0.5, 0.6) is 0 Å². The summed E-state index contributed by atoms with van der Waals surface area (Å²) < 4.78 is 47.8. The Morgan fingerprint density at radius 1 is 1.06 bits per heavy atom. The van der Waals surface area contributed by atoms with Gasteiger partial charge in [0.15, 0.2) is 0 Å². The van der Waals surface area contributed by atoms with Gasteiger partial charge in [0.1, 0.15) is 0 Å². The van der Waals surface area contributed by atoms with Crippen LogP contribution in [-0.4, -0.2) is 19.6 Å². The van der Waals surface area contributed by atoms with E-state index < -0.39 is 18.4 Å². The number of halogens is 3. The van der Waals surface area contributed by atoms with Crippen molar-refractivity contribution in [3.63, 3.8) is 0 Å². The van der Waals surface area contributed by atoms with E-state index >= 15 is 0 Å². The number of hydrogen-bond acceptors (Lipinski definition) is 2. The second-order valence-electron chi connectivity index (χ2n) is 8.80. The van der Waals surface area contributed by atoms with E-state index in [2.05, 4.69) is 13.0 Å². The van der Waals surface area contributed by atoms with E-state index in [-0.39, 0.29) is 30.4 Å². The normalized spacial score (nSPS) is 19.2. The molecule has 180 valence electrons. The van der Waals surface area contributed by atoms with Gasteiger partial charge in [0.25, 0.3) is 0 Å². The van der Waals surface area contributed by atoms with Crippen LogP contribution >= 0.6 is 0 Å². The zero-order valence-electron chi connectivity index (χ0n) is 20.2. The molecule has 0 saturated heterocycles. The molecule has 0 aliphatic heterocycles. The summed E-state index contributed by atoms with van der Waals surface area (Å²) in [7, 11) is 0. The molecule has 0 amide bonds. The average Bonchev–Trinajstić information content (AvgIpc) is 2.92. The van der Waals surface area contributed by atoms with Crippen LogP contribution in [0, 0.1) is 11.8 Å². The maximum absolute atomic E-state index is 14.3. The van der Waals surface area contributed by atoms with Crippen LogP contribution in [0.15, 0.2) is 65.7 Å². The van der Waals surface area contributed by atoms with Gasteiger partial charge in [0.2, 0.25) is 0 Å². The van der Waals surface area contributed by atoms with E-state index in [0.29, 0.717) is 11.1 Å². The topological polar surface area (TPSA) is 26.3 Å². The van der Waals surface area contributed by atoms with E-state index in [9.17, 15) is 17.7 Å². The predicted octanol–water partition coefficient (Wildman–Crippen LogP) is 7.73. The molecule has 34 heavy (non-hydrogen) atoms. The van der Waals surface area contributed by atoms with E-state index in [0.717, 1.165) is 23.1 Å². The molecule has 0 radical (unpaired) electrons. The lowest BCUT2D eigenvalue weighted by atomic mass is 9.69. The maximum atomic E-state index is 14.3. The van der Waals surface area contributed by atoms with Crippen molar-refractivity contribution < 1.29 is 22.5 Å². The molecule has 0 aromatic heterocycles. The van der Waals surface area contributed by atoms with Crippen LogP contribution in [0.4, 0.5) is 12.9 Å². The van der Waals surface area contributed by atoms with Gasteiger partial charge in [-0.3, -0.25) is 0 Å². The van der Waals surface area contributed by atoms with Gasteiger partial charge < -0.3 is 17.7 Å². The minimum atomic E-state index is -5.17. The molecule has 0 spiro atoms. The van der Waals surface area contributed by atoms with Crippen LogP contribution in [0.25, 0.3) is 17.7 Å². The number of carbonyl (C=O) groups excluding carboxylic acids is 1. The Morgan fingerprint density at radius 2 is 1.74 bits per heavy atom. The molecule has 2 aromatic carbocycles. The van der Waals surface area contributed by atoms with Crippen molar-refractivity contribution >= 4 is 30.7 Å². The Balaban J connectivity index is 2.15. The molecular formula is C28H31BF3O2-. The van der Waals surface area contributed by atoms with Crippen molar-refractivity contribution in [2.24, 2.45) is 11.8 Å². The van der Waals surface area contributed by atoms with Gasteiger partial charge in [-0.15, -0.1) is 5.47 Å². The fourth-order valence-corrected chi connectivity index (χ4v) is 4.51. The standard InChI is InChI=1S/C28H31BF3O2/c1-5-26(29(30,31)32)28(22-14-11-21(12-15-22)13-16-27(33)34-6-2)25-18-24-10-8-7-9-23(24)17-19(3)20(25)4/h7-16,18-20H,5-6,17H2,1-4H3/q-1/b16-13+,28-26+/t19-,20?/m1/s1. The minimum absolute atomic E-state index is 0.0505. The van der Waals surface area contributed by atoms with E-state index in [1.807, 2.05) is 31.2 Å². The number of rotatable bonds is 7. The molecule has 3 rings (SSSR count). The molecule has 6 heteroatoms. The van der Waals surface area contributed by atoms with Crippen molar-refractivity contribution in [2.75, 3.05) is 6.61 Å². The lowest BCUT2D eigenvalue weighted by molar-refractivity contribution is -0.137. The van der Waals surface area contributed by atoms with Gasteiger partial charge in [-0.2, -0.15) is 0 Å². The van der Waals surface area contributed by atoms with Crippen LogP contribution in [0.2, 0.25) is 0 Å². The highest BCUT2D eigenvalue weighted by Gasteiger charge is 2.33. The van der Waals surface area contributed by atoms with Gasteiger partial charge in [-0.25, -0.2) is 4.79 Å². The number of carbonyl (C=O) groups is 1. The molecule has 2 atom stereocenters. The third kappa shape index (κ3) is 5.91. The molecule has 2 nitrogen and oxygen atoms in total. The van der Waals surface area contributed by atoms with Crippen LogP contribution in [0.3, 0.4) is 0 Å². The number of ether oxygens (including phenoxy) is 1. The second kappa shape index (κ2) is 10.9. The van der Waals surface area contributed by atoms with E-state index in [1.54, 1.807) is 44.2 Å². The Hall–Kier alpha value is -3.02. The molecule has 0 N–H and O–H groups in total. The van der Waals surface area contributed by atoms with Crippen molar-refractivity contribution in [3.05, 3.63) is 87.9 Å². The molecule has 1 unspecified atom stereocenters. The van der Waals surface area contributed by atoms with Crippen molar-refractivity contribution in [1.82, 2.24) is 0 Å². The Kier molecular flexibility index (Phi) is 8.24. The molecule has 2 aromatic rings. The third-order valence-electron chi connectivity index (χ3n) is 6.54. The largest absolute Gasteiger partial charge is 0.506 e. The number of hydrogen-bond donors (Lipinski definition) is 0. The molecule has 0 bridgehead atoms. The lowest BCUT2D eigenvalue weighted by Crippen LogP contribution is -2.23. The summed E-state index contributed by atoms with van der Waals surface area (Å²) in [6, 6.07) is 14.8. The average molecular weight is 467 g/mol. The summed E-state index contributed by atoms with van der Waals surface area (Å²) in [5.74, 6) is -0.314. The summed E-state index contributed by atoms with van der Waals surface area (Å²) in [6.07, 6.45) is 5.60. The number of esters is 1. The minimum Gasteiger partial charge on any atom is -0.463 e. The number of fused-ring (bicyclic) bond motifs is 1. The monoisotopic (exact) mass is 467 g/mol. The van der Waals surface area contributed by atoms with Crippen molar-refractivity contribution in [2.45, 2.75) is 40.5 Å². The summed E-state index contributed by atoms with van der Waals surface area (Å²) >= 11 is 0. The first-order chi connectivity index (χ1) is 16.2. The van der Waals surface area contributed by atoms with Gasteiger partial charge in [0, 0.05) is 6.08 Å². The first-order valence-electron chi connectivity index (χ1n) is 11.8. The quantitative estimate of drug-likeness (QED) is 0.237. The van der Waals surface area contributed by atoms with Gasteiger partial charge in [-0.05, 0) is 64.7 Å². The fourth-order valence-electron chi connectivity index (χ4n) is 4.51. The number of allylic oxidation sites excluding steroid dienone is 3. The predicted molar refractivity (Wildman–Crippen MR) is 135 cm³/mol. The zero-order valence-corrected chi connectivity index (χ0v) is 20.2. The molecule has 0 saturated carbocycles. The smallest absolute Gasteiger partial charge is 0.463 e. The maximum Gasteiger partial charge on any atom is 0.506 e. The Bertz CT molecular complexity index is 1110. The van der Waals surface area contributed by atoms with Crippen LogP contribution in [0.1, 0.15) is 56.4 Å². The molecule has 0 heterocycles. The van der Waals surface area contributed by atoms with Gasteiger partial charge in [-0.1, -0.05) is 81.8 Å². The summed E-state index contributed by atoms with van der Waals surface area (Å²) in [5, 5.41) is 0. The van der Waals surface area contributed by atoms with E-state index in [1.165, 1.54) is 6.08 Å². The van der Waals surface area contributed by atoms with Crippen LogP contribution < -0.4 is 0 Å². The van der Waals surface area contributed by atoms with Gasteiger partial charge >= 0.3 is 12.9 Å².